The van der Waals surface area contributed by atoms with Gasteiger partial charge in [0.2, 0.25) is 10.0 Å². The van der Waals surface area contributed by atoms with E-state index in [-0.39, 0.29) is 41.6 Å². The van der Waals surface area contributed by atoms with E-state index < -0.39 is 59.8 Å². The second-order valence-corrected chi connectivity index (χ2v) is 16.6. The van der Waals surface area contributed by atoms with Crippen molar-refractivity contribution in [2.24, 2.45) is 10.7 Å². The molecule has 1 aromatic heterocycles. The maximum absolute atomic E-state index is 14.2. The highest BCUT2D eigenvalue weighted by atomic mass is 32.2. The number of aryl methyl sites for hydroxylation is 1. The Morgan fingerprint density at radius 3 is 2.52 bits per heavy atom. The Hall–Kier alpha value is -3.55. The van der Waals surface area contributed by atoms with Crippen LogP contribution in [0.3, 0.4) is 0 Å². The van der Waals surface area contributed by atoms with Crippen LogP contribution < -0.4 is 25.9 Å². The number of hydrogen-bond donors (Lipinski definition) is 6. The molecule has 1 aromatic carbocycles. The van der Waals surface area contributed by atoms with Crippen LogP contribution in [0, 0.1) is 6.92 Å². The number of benzene rings is 1. The molecule has 0 spiro atoms. The Kier molecular flexibility index (Phi) is 11.7. The first-order chi connectivity index (χ1) is 23.1. The minimum Gasteiger partial charge on any atom is -0.461 e. The molecule has 4 rings (SSSR count). The lowest BCUT2D eigenvalue weighted by atomic mass is 9.93. The molecule has 1 aliphatic carbocycles. The average Bonchev–Trinajstić information content (AvgIpc) is 3.43. The van der Waals surface area contributed by atoms with Gasteiger partial charge >= 0.3 is 13.7 Å². The zero-order valence-electron chi connectivity index (χ0n) is 28.9. The van der Waals surface area contributed by atoms with E-state index in [2.05, 4.69) is 26.5 Å². The number of sulfonamides is 1. The van der Waals surface area contributed by atoms with E-state index >= 15 is 0 Å². The number of nitrogens with one attached hydrogen (secondary N) is 2. The van der Waals surface area contributed by atoms with Gasteiger partial charge in [0.1, 0.15) is 58.6 Å². The fraction of sp³-hybridized carbons (Fsp3) is 0.567. The van der Waals surface area contributed by atoms with Crippen molar-refractivity contribution in [3.63, 3.8) is 0 Å². The van der Waals surface area contributed by atoms with Crippen molar-refractivity contribution in [2.75, 3.05) is 25.6 Å². The number of aliphatic hydroxyl groups is 2. The smallest absolute Gasteiger partial charge is 0.459 e. The summed E-state index contributed by atoms with van der Waals surface area (Å²) in [6, 6.07) is 6.67. The van der Waals surface area contributed by atoms with Gasteiger partial charge in [-0.05, 0) is 59.1 Å². The maximum atomic E-state index is 14.2. The molecule has 18 nitrogen and oxygen atoms in total. The number of nitrogen functional groups attached to an aromatic ring is 1. The predicted octanol–water partition coefficient (Wildman–Crippen LogP) is 0.893. The van der Waals surface area contributed by atoms with Crippen LogP contribution >= 0.6 is 7.75 Å². The number of ether oxygens (including phenoxy) is 2. The van der Waals surface area contributed by atoms with Gasteiger partial charge in [0.25, 0.3) is 0 Å². The minimum absolute atomic E-state index is 0.00282. The molecule has 8 N–H and O–H groups in total. The topological polar surface area (TPSA) is 255 Å². The number of aliphatic hydroxyl groups excluding tert-OH is 1. The van der Waals surface area contributed by atoms with Crippen molar-refractivity contribution in [3.8, 4) is 5.75 Å². The fourth-order valence-corrected chi connectivity index (χ4v) is 7.38. The molecule has 1 saturated heterocycles. The third-order valence-corrected chi connectivity index (χ3v) is 10.6. The van der Waals surface area contributed by atoms with Gasteiger partial charge in [0.15, 0.2) is 5.84 Å². The lowest BCUT2D eigenvalue weighted by Crippen LogP contribution is -2.49. The number of nitrogens with two attached hydrogens (primary N) is 2. The SMILES string of the molecule is C=C(N)/N=C(\c1ncn(CC2OC(COP(=O)(NC(C)(C)C(=O)OC3CCC3)Oc3ccc(C)cc3)[C@@H](O)[C@@]2(C)O)c1N)N(C)NS(C)(=O)=O. The van der Waals surface area contributed by atoms with E-state index in [4.69, 9.17) is 30.0 Å². The van der Waals surface area contributed by atoms with Crippen molar-refractivity contribution in [3.05, 3.63) is 54.3 Å². The molecule has 1 saturated carbocycles. The zero-order valence-corrected chi connectivity index (χ0v) is 30.6. The van der Waals surface area contributed by atoms with Crippen LogP contribution in [0.25, 0.3) is 0 Å². The molecule has 2 aromatic rings. The van der Waals surface area contributed by atoms with Crippen LogP contribution in [-0.2, 0) is 39.9 Å². The van der Waals surface area contributed by atoms with Crippen LogP contribution in [0.5, 0.6) is 5.75 Å². The molecule has 2 heterocycles. The van der Waals surface area contributed by atoms with Gasteiger partial charge in [0.05, 0.1) is 25.7 Å². The molecule has 2 fully saturated rings. The van der Waals surface area contributed by atoms with E-state index in [1.807, 2.05) is 6.92 Å². The highest BCUT2D eigenvalue weighted by molar-refractivity contribution is 7.88. The Balaban J connectivity index is 1.52. The van der Waals surface area contributed by atoms with Crippen molar-refractivity contribution < 1.29 is 46.5 Å². The summed E-state index contributed by atoms with van der Waals surface area (Å²) in [5.41, 5.74) is 9.61. The first-order valence-corrected chi connectivity index (χ1v) is 19.2. The normalized spacial score (nSPS) is 24.3. The molecule has 1 aliphatic heterocycles. The molecule has 0 amide bonds. The summed E-state index contributed by atoms with van der Waals surface area (Å²) in [4.78, 5) is 23.5. The summed E-state index contributed by atoms with van der Waals surface area (Å²) in [5, 5.41) is 26.2. The van der Waals surface area contributed by atoms with Gasteiger partial charge in [-0.15, -0.1) is 4.83 Å². The van der Waals surface area contributed by atoms with Crippen LogP contribution in [0.1, 0.15) is 51.3 Å². The molecule has 50 heavy (non-hydrogen) atoms. The van der Waals surface area contributed by atoms with Gasteiger partial charge in [0, 0.05) is 7.05 Å². The summed E-state index contributed by atoms with van der Waals surface area (Å²) in [7, 11) is -6.72. The number of esters is 1. The number of anilines is 1. The Morgan fingerprint density at radius 2 is 1.96 bits per heavy atom. The first-order valence-electron chi connectivity index (χ1n) is 15.7. The second-order valence-electron chi connectivity index (χ2n) is 13.2. The first kappa shape index (κ1) is 39.2. The highest BCUT2D eigenvalue weighted by Gasteiger charge is 2.53. The summed E-state index contributed by atoms with van der Waals surface area (Å²) >= 11 is 0. The van der Waals surface area contributed by atoms with Crippen molar-refractivity contribution >= 4 is 35.4 Å². The molecule has 3 unspecified atom stereocenters. The Labute approximate surface area is 291 Å². The standard InChI is InChI=1S/C30H47N8O10PS/c1-18-11-13-21(14-12-18)48-49(42,35-29(3,4)28(40)46-20-9-8-10-20)45-16-22-25(39)30(5,41)23(47-22)15-38-17-33-24(26(38)32)27(34-19(2)31)37(6)36-50(7,43)44/h11-14,17,20,22-23,25,36,39,41H,2,8-10,15-16,31-32H2,1,3-7H3,(H,35,42)/b34-27+/t22?,23?,25-,30+,49?/m1/s1. The number of rotatable bonds is 15. The number of aliphatic imine (C=N–C) groups is 1. The average molecular weight is 743 g/mol. The molecular weight excluding hydrogens is 695 g/mol. The van der Waals surface area contributed by atoms with Gasteiger partial charge < -0.3 is 40.2 Å². The monoisotopic (exact) mass is 742 g/mol. The number of imidazole rings is 1. The number of hydrazine groups is 1. The van der Waals surface area contributed by atoms with Crippen LogP contribution in [-0.4, -0.2) is 100 Å². The van der Waals surface area contributed by atoms with E-state index in [9.17, 15) is 28.0 Å². The third-order valence-electron chi connectivity index (χ3n) is 8.17. The van der Waals surface area contributed by atoms with Gasteiger partial charge in [-0.25, -0.2) is 23.0 Å². The lowest BCUT2D eigenvalue weighted by Gasteiger charge is -2.33. The van der Waals surface area contributed by atoms with Crippen molar-refractivity contribution in [1.82, 2.24) is 24.5 Å². The summed E-state index contributed by atoms with van der Waals surface area (Å²) in [6.45, 7) is 9.05. The number of carbonyl (C=O) groups is 1. The van der Waals surface area contributed by atoms with Crippen LogP contribution in [0.2, 0.25) is 0 Å². The quantitative estimate of drug-likeness (QED) is 0.0487. The molecule has 278 valence electrons. The van der Waals surface area contributed by atoms with E-state index in [0.29, 0.717) is 0 Å². The summed E-state index contributed by atoms with van der Waals surface area (Å²) < 4.78 is 62.4. The van der Waals surface area contributed by atoms with Gasteiger partial charge in [-0.1, -0.05) is 24.3 Å². The lowest BCUT2D eigenvalue weighted by molar-refractivity contribution is -0.159. The van der Waals surface area contributed by atoms with Crippen LogP contribution in [0.4, 0.5) is 5.82 Å². The summed E-state index contributed by atoms with van der Waals surface area (Å²) in [5.74, 6) is -0.672. The predicted molar refractivity (Wildman–Crippen MR) is 184 cm³/mol. The minimum atomic E-state index is -4.37. The third kappa shape index (κ3) is 9.61. The fourth-order valence-electron chi connectivity index (χ4n) is 5.12. The largest absolute Gasteiger partial charge is 0.461 e. The van der Waals surface area contributed by atoms with Crippen molar-refractivity contribution in [1.29, 1.82) is 0 Å². The van der Waals surface area contributed by atoms with Gasteiger partial charge in [-0.2, -0.15) is 5.09 Å². The number of carbonyl (C=O) groups excluding carboxylic acids is 1. The molecule has 0 radical (unpaired) electrons. The van der Waals surface area contributed by atoms with Gasteiger partial charge in [-0.3, -0.25) is 14.3 Å². The van der Waals surface area contributed by atoms with Crippen LogP contribution in [0.15, 0.2) is 48.0 Å². The van der Waals surface area contributed by atoms with E-state index in [1.165, 1.54) is 38.7 Å². The summed E-state index contributed by atoms with van der Waals surface area (Å²) in [6.07, 6.45) is 0.617. The number of nitrogens with zero attached hydrogens (tertiary/aromatic N) is 4. The maximum Gasteiger partial charge on any atom is 0.459 e. The van der Waals surface area contributed by atoms with E-state index in [1.54, 1.807) is 24.3 Å². The molecule has 5 atom stereocenters. The molecule has 2 aliphatic rings. The Bertz CT molecular complexity index is 1740. The zero-order chi connectivity index (χ0) is 37.2. The molecule has 20 heteroatoms. The molecule has 0 bridgehead atoms. The number of aromatic nitrogens is 2. The number of amidine groups is 1. The van der Waals surface area contributed by atoms with E-state index in [0.717, 1.165) is 36.1 Å². The second kappa shape index (κ2) is 15.0. The Morgan fingerprint density at radius 1 is 1.32 bits per heavy atom. The highest BCUT2D eigenvalue weighted by Crippen LogP contribution is 2.48. The molecular formula is C30H47N8O10PS. The van der Waals surface area contributed by atoms with Crippen molar-refractivity contribution in [2.45, 2.75) is 89.1 Å². The number of hydrogen-bond acceptors (Lipinski definition) is 14.